The molecule has 20 heavy (non-hydrogen) atoms. The Bertz CT molecular complexity index is 656. The number of para-hydroxylation sites is 1. The second kappa shape index (κ2) is 5.55. The molecular weight excluding hydrogens is 276 g/mol. The van der Waals surface area contributed by atoms with Gasteiger partial charge in [0.25, 0.3) is 0 Å². The molecule has 0 spiro atoms. The molecule has 0 unspecified atom stereocenters. The van der Waals surface area contributed by atoms with Gasteiger partial charge >= 0.3 is 0 Å². The van der Waals surface area contributed by atoms with Crippen molar-refractivity contribution >= 4 is 21.0 Å². The molecule has 0 bridgehead atoms. The first-order chi connectivity index (χ1) is 9.25. The molecule has 2 rings (SSSR count). The molecule has 0 saturated heterocycles. The molecule has 6 heteroatoms. The number of hydrogen-bond donors (Lipinski definition) is 2. The Morgan fingerprint density at radius 2 is 1.95 bits per heavy atom. The van der Waals surface area contributed by atoms with E-state index in [2.05, 4.69) is 10.0 Å². The van der Waals surface area contributed by atoms with Gasteiger partial charge in [0.15, 0.2) is 0 Å². The molecule has 0 aliphatic heterocycles. The Morgan fingerprint density at radius 3 is 2.60 bits per heavy atom. The molecule has 0 atom stereocenters. The van der Waals surface area contributed by atoms with Crippen molar-refractivity contribution in [3.63, 3.8) is 0 Å². The van der Waals surface area contributed by atoms with E-state index in [0.29, 0.717) is 13.1 Å². The topological polar surface area (TPSA) is 71.3 Å². The lowest BCUT2D eigenvalue weighted by Crippen LogP contribution is -2.49. The first kappa shape index (κ1) is 15.0. The minimum atomic E-state index is -3.21. The number of nitrogens with one attached hydrogen (secondary N) is 2. The fourth-order valence-corrected chi connectivity index (χ4v) is 3.24. The van der Waals surface area contributed by atoms with Crippen molar-refractivity contribution in [1.29, 1.82) is 0 Å². The average Bonchev–Trinajstić information content (AvgIpc) is 2.67. The van der Waals surface area contributed by atoms with Crippen LogP contribution >= 0.6 is 0 Å². The Hall–Kier alpha value is -1.37. The van der Waals surface area contributed by atoms with E-state index in [-0.39, 0.29) is 0 Å². The van der Waals surface area contributed by atoms with Crippen LogP contribution in [0.25, 0.3) is 11.0 Å². The Morgan fingerprint density at radius 1 is 1.25 bits per heavy atom. The molecule has 0 radical (unpaired) electrons. The van der Waals surface area contributed by atoms with Gasteiger partial charge in [-0.15, -0.1) is 0 Å². The molecule has 110 valence electrons. The number of hydrogen-bond acceptors (Lipinski definition) is 4. The van der Waals surface area contributed by atoms with E-state index in [4.69, 9.17) is 4.42 Å². The lowest BCUT2D eigenvalue weighted by atomic mass is 10.1. The highest BCUT2D eigenvalue weighted by Gasteiger charge is 2.21. The zero-order valence-electron chi connectivity index (χ0n) is 11.9. The third-order valence-corrected chi connectivity index (χ3v) is 3.73. The van der Waals surface area contributed by atoms with Gasteiger partial charge in [0.1, 0.15) is 11.3 Å². The predicted octanol–water partition coefficient (Wildman–Crippen LogP) is 1.85. The SMILES string of the molecule is CC(C)(CNCc1cc2ccccc2o1)NS(C)(=O)=O. The van der Waals surface area contributed by atoms with Crippen LogP contribution < -0.4 is 10.0 Å². The van der Waals surface area contributed by atoms with Crippen molar-refractivity contribution in [3.05, 3.63) is 36.1 Å². The highest BCUT2D eigenvalue weighted by atomic mass is 32.2. The molecular formula is C14H20N2O3S. The third kappa shape index (κ3) is 4.33. The van der Waals surface area contributed by atoms with Crippen LogP contribution in [0.15, 0.2) is 34.7 Å². The Balaban J connectivity index is 1.92. The fraction of sp³-hybridized carbons (Fsp3) is 0.429. The van der Waals surface area contributed by atoms with Gasteiger partial charge in [-0.2, -0.15) is 0 Å². The first-order valence-corrected chi connectivity index (χ1v) is 8.31. The summed E-state index contributed by atoms with van der Waals surface area (Å²) >= 11 is 0. The lowest BCUT2D eigenvalue weighted by molar-refractivity contribution is 0.407. The smallest absolute Gasteiger partial charge is 0.209 e. The van der Waals surface area contributed by atoms with Gasteiger partial charge in [-0.1, -0.05) is 18.2 Å². The summed E-state index contributed by atoms with van der Waals surface area (Å²) in [5.74, 6) is 0.835. The molecule has 2 aromatic rings. The molecule has 0 amide bonds. The van der Waals surface area contributed by atoms with Gasteiger partial charge in [-0.25, -0.2) is 13.1 Å². The van der Waals surface area contributed by atoms with Gasteiger partial charge in [0.2, 0.25) is 10.0 Å². The van der Waals surface area contributed by atoms with E-state index < -0.39 is 15.6 Å². The second-order valence-corrected chi connectivity index (χ2v) is 7.36. The summed E-state index contributed by atoms with van der Waals surface area (Å²) in [6, 6.07) is 9.81. The summed E-state index contributed by atoms with van der Waals surface area (Å²) < 4.78 is 30.8. The van der Waals surface area contributed by atoms with Crippen molar-refractivity contribution in [3.8, 4) is 0 Å². The Kier molecular flexibility index (Phi) is 4.17. The van der Waals surface area contributed by atoms with Crippen LogP contribution in [0.3, 0.4) is 0 Å². The van der Waals surface area contributed by atoms with Crippen molar-refractivity contribution in [2.45, 2.75) is 25.9 Å². The minimum Gasteiger partial charge on any atom is -0.460 e. The summed E-state index contributed by atoms with van der Waals surface area (Å²) in [7, 11) is -3.21. The summed E-state index contributed by atoms with van der Waals surface area (Å²) in [6.07, 6.45) is 1.16. The molecule has 5 nitrogen and oxygen atoms in total. The van der Waals surface area contributed by atoms with E-state index in [9.17, 15) is 8.42 Å². The molecule has 0 aliphatic carbocycles. The highest BCUT2D eigenvalue weighted by molar-refractivity contribution is 7.88. The maximum atomic E-state index is 11.2. The van der Waals surface area contributed by atoms with Gasteiger partial charge in [0.05, 0.1) is 12.8 Å². The van der Waals surface area contributed by atoms with Gasteiger partial charge in [-0.3, -0.25) is 0 Å². The van der Waals surface area contributed by atoms with Crippen LogP contribution in [0.2, 0.25) is 0 Å². The molecule has 1 heterocycles. The molecule has 1 aromatic heterocycles. The molecule has 0 aliphatic rings. The fourth-order valence-electron chi connectivity index (χ4n) is 2.16. The second-order valence-electron chi connectivity index (χ2n) is 5.61. The van der Waals surface area contributed by atoms with Crippen molar-refractivity contribution in [2.24, 2.45) is 0 Å². The normalized spacial score (nSPS) is 12.9. The molecule has 0 fully saturated rings. The van der Waals surface area contributed by atoms with E-state index >= 15 is 0 Å². The summed E-state index contributed by atoms with van der Waals surface area (Å²) in [5.41, 5.74) is 0.317. The largest absolute Gasteiger partial charge is 0.460 e. The number of fused-ring (bicyclic) bond motifs is 1. The van der Waals surface area contributed by atoms with Crippen molar-refractivity contribution < 1.29 is 12.8 Å². The van der Waals surface area contributed by atoms with E-state index in [1.807, 2.05) is 44.2 Å². The average molecular weight is 296 g/mol. The highest BCUT2D eigenvalue weighted by Crippen LogP contribution is 2.18. The zero-order chi connectivity index (χ0) is 14.8. The molecule has 0 saturated carbocycles. The van der Waals surface area contributed by atoms with Crippen molar-refractivity contribution in [2.75, 3.05) is 12.8 Å². The maximum absolute atomic E-state index is 11.2. The van der Waals surface area contributed by atoms with E-state index in [1.165, 1.54) is 0 Å². The van der Waals surface area contributed by atoms with E-state index in [1.54, 1.807) is 0 Å². The summed E-state index contributed by atoms with van der Waals surface area (Å²) in [5, 5.41) is 4.27. The lowest BCUT2D eigenvalue weighted by Gasteiger charge is -2.25. The molecule has 2 N–H and O–H groups in total. The van der Waals surface area contributed by atoms with Crippen molar-refractivity contribution in [1.82, 2.24) is 10.0 Å². The van der Waals surface area contributed by atoms with Crippen LogP contribution in [-0.4, -0.2) is 26.8 Å². The maximum Gasteiger partial charge on any atom is 0.209 e. The summed E-state index contributed by atoms with van der Waals surface area (Å²) in [4.78, 5) is 0. The van der Waals surface area contributed by atoms with Crippen LogP contribution in [0.4, 0.5) is 0 Å². The van der Waals surface area contributed by atoms with Crippen LogP contribution in [-0.2, 0) is 16.6 Å². The third-order valence-electron chi connectivity index (χ3n) is 2.80. The van der Waals surface area contributed by atoms with Crippen LogP contribution in [0.1, 0.15) is 19.6 Å². The predicted molar refractivity (Wildman–Crippen MR) is 80.0 cm³/mol. The summed E-state index contributed by atoms with van der Waals surface area (Å²) in [6.45, 7) is 4.74. The van der Waals surface area contributed by atoms with E-state index in [0.717, 1.165) is 23.0 Å². The molecule has 1 aromatic carbocycles. The first-order valence-electron chi connectivity index (χ1n) is 6.42. The van der Waals surface area contributed by atoms with Gasteiger partial charge in [-0.05, 0) is 26.0 Å². The monoisotopic (exact) mass is 296 g/mol. The number of sulfonamides is 1. The van der Waals surface area contributed by atoms with Gasteiger partial charge in [0, 0.05) is 17.5 Å². The minimum absolute atomic E-state index is 0.511. The van der Waals surface area contributed by atoms with Crippen LogP contribution in [0.5, 0.6) is 0 Å². The standard InChI is InChI=1S/C14H20N2O3S/c1-14(2,16-20(3,17)18)10-15-9-12-8-11-6-4-5-7-13(11)19-12/h4-8,15-16H,9-10H2,1-3H3. The number of rotatable bonds is 6. The van der Waals surface area contributed by atoms with Gasteiger partial charge < -0.3 is 9.73 Å². The number of furan rings is 1. The number of benzene rings is 1. The van der Waals surface area contributed by atoms with Crippen LogP contribution in [0, 0.1) is 0 Å². The Labute approximate surface area is 119 Å². The zero-order valence-corrected chi connectivity index (χ0v) is 12.8. The quantitative estimate of drug-likeness (QED) is 0.853.